The fourth-order valence-electron chi connectivity index (χ4n) is 2.87. The number of rotatable bonds is 2. The third kappa shape index (κ3) is 1.56. The van der Waals surface area contributed by atoms with Gasteiger partial charge in [-0.15, -0.1) is 0 Å². The van der Waals surface area contributed by atoms with E-state index in [9.17, 15) is 19.8 Å². The van der Waals surface area contributed by atoms with E-state index >= 15 is 0 Å². The Bertz CT molecular complexity index is 1130. The number of hydrogen-bond acceptors (Lipinski definition) is 8. The second-order valence-electron chi connectivity index (χ2n) is 5.14. The molecule has 2 heterocycles. The molecule has 0 radical (unpaired) electrons. The van der Waals surface area contributed by atoms with E-state index in [1.807, 2.05) is 0 Å². The number of benzene rings is 2. The molecule has 0 spiro atoms. The summed E-state index contributed by atoms with van der Waals surface area (Å²) in [5, 5.41) is 20.9. The first-order valence-corrected chi connectivity index (χ1v) is 6.80. The molecule has 2 aromatic carbocycles. The summed E-state index contributed by atoms with van der Waals surface area (Å²) >= 11 is 0. The molecule has 0 aliphatic carbocycles. The fraction of sp³-hybridized carbons (Fsp3) is 0.125. The van der Waals surface area contributed by atoms with Crippen molar-refractivity contribution < 1.29 is 28.5 Å². The summed E-state index contributed by atoms with van der Waals surface area (Å²) in [6.07, 6.45) is 0. The SMILES string of the molecule is COc1cc2c(=O)oc3c(O)c(OC)cc4c(=O)oc(c1O)c2c34. The van der Waals surface area contributed by atoms with Gasteiger partial charge >= 0.3 is 11.3 Å². The summed E-state index contributed by atoms with van der Waals surface area (Å²) in [5.41, 5.74) is -2.01. The standard InChI is InChI=1S/C16H10O8/c1-21-7-3-5-9-10-6(16(20)23-13(9)11(7)17)4-8(22-2)12(18)14(10)24-15(5)19/h3-4,17-18H,1-2H3. The summed E-state index contributed by atoms with van der Waals surface area (Å²) in [5.74, 6) is -0.936. The number of ether oxygens (including phenoxy) is 2. The van der Waals surface area contributed by atoms with E-state index in [0.29, 0.717) is 0 Å². The molecule has 0 unspecified atom stereocenters. The first kappa shape index (κ1) is 14.2. The van der Waals surface area contributed by atoms with Crippen molar-refractivity contribution >= 4 is 32.7 Å². The van der Waals surface area contributed by atoms with Gasteiger partial charge in [0.15, 0.2) is 22.7 Å². The van der Waals surface area contributed by atoms with E-state index in [0.717, 1.165) is 0 Å². The maximum atomic E-state index is 12.3. The van der Waals surface area contributed by atoms with Gasteiger partial charge in [0.05, 0.1) is 25.0 Å². The molecule has 0 atom stereocenters. The molecule has 0 bridgehead atoms. The van der Waals surface area contributed by atoms with Crippen LogP contribution in [0.1, 0.15) is 0 Å². The minimum atomic E-state index is -0.787. The van der Waals surface area contributed by atoms with Crippen molar-refractivity contribution in [2.45, 2.75) is 0 Å². The molecule has 0 saturated carbocycles. The Morgan fingerprint density at radius 3 is 1.50 bits per heavy atom. The second-order valence-corrected chi connectivity index (χ2v) is 5.14. The van der Waals surface area contributed by atoms with Crippen molar-refractivity contribution in [1.29, 1.82) is 0 Å². The Labute approximate surface area is 132 Å². The molecule has 24 heavy (non-hydrogen) atoms. The zero-order chi connectivity index (χ0) is 17.2. The lowest BCUT2D eigenvalue weighted by Gasteiger charge is -2.13. The molecule has 2 aromatic heterocycles. The Hall–Kier alpha value is -3.42. The lowest BCUT2D eigenvalue weighted by atomic mass is 10.0. The van der Waals surface area contributed by atoms with E-state index in [1.165, 1.54) is 26.4 Å². The highest BCUT2D eigenvalue weighted by atomic mass is 16.5. The molecule has 4 rings (SSSR count). The first-order valence-electron chi connectivity index (χ1n) is 6.80. The molecule has 0 aliphatic rings. The van der Waals surface area contributed by atoms with E-state index in [2.05, 4.69) is 0 Å². The monoisotopic (exact) mass is 330 g/mol. The average molecular weight is 330 g/mol. The third-order valence-electron chi connectivity index (χ3n) is 3.96. The van der Waals surface area contributed by atoms with Crippen molar-refractivity contribution in [3.05, 3.63) is 33.0 Å². The molecule has 0 fully saturated rings. The van der Waals surface area contributed by atoms with Crippen LogP contribution >= 0.6 is 0 Å². The van der Waals surface area contributed by atoms with E-state index in [-0.39, 0.29) is 44.2 Å². The smallest absolute Gasteiger partial charge is 0.344 e. The van der Waals surface area contributed by atoms with Crippen molar-refractivity contribution in [2.75, 3.05) is 14.2 Å². The van der Waals surface area contributed by atoms with E-state index < -0.39 is 22.8 Å². The van der Waals surface area contributed by atoms with Crippen molar-refractivity contribution in [3.8, 4) is 23.0 Å². The van der Waals surface area contributed by atoms with Gasteiger partial charge in [-0.3, -0.25) is 0 Å². The van der Waals surface area contributed by atoms with Gasteiger partial charge in [-0.05, 0) is 12.1 Å². The van der Waals surface area contributed by atoms with Crippen molar-refractivity contribution in [1.82, 2.24) is 0 Å². The third-order valence-corrected chi connectivity index (χ3v) is 3.96. The largest absolute Gasteiger partial charge is 0.502 e. The van der Waals surface area contributed by atoms with Crippen LogP contribution < -0.4 is 20.7 Å². The predicted molar refractivity (Wildman–Crippen MR) is 83.7 cm³/mol. The Morgan fingerprint density at radius 2 is 1.17 bits per heavy atom. The Balaban J connectivity index is 2.45. The number of phenols is 2. The normalized spacial score (nSPS) is 11.6. The molecule has 0 amide bonds. The van der Waals surface area contributed by atoms with Gasteiger partial charge in [-0.25, -0.2) is 9.59 Å². The van der Waals surface area contributed by atoms with Crippen LogP contribution in [0.4, 0.5) is 0 Å². The minimum absolute atomic E-state index is 0.0434. The van der Waals surface area contributed by atoms with Gasteiger partial charge in [0, 0.05) is 10.8 Å². The molecule has 2 N–H and O–H groups in total. The molecular weight excluding hydrogens is 320 g/mol. The van der Waals surface area contributed by atoms with Gasteiger partial charge in [0.1, 0.15) is 0 Å². The van der Waals surface area contributed by atoms with Gasteiger partial charge in [-0.2, -0.15) is 0 Å². The van der Waals surface area contributed by atoms with Gasteiger partial charge in [0.2, 0.25) is 11.5 Å². The van der Waals surface area contributed by atoms with Gasteiger partial charge in [-0.1, -0.05) is 0 Å². The quantitative estimate of drug-likeness (QED) is 0.422. The molecular formula is C16H10O8. The fourth-order valence-corrected chi connectivity index (χ4v) is 2.87. The van der Waals surface area contributed by atoms with E-state index in [4.69, 9.17) is 18.3 Å². The predicted octanol–water partition coefficient (Wildman–Crippen LogP) is 1.92. The number of hydrogen-bond donors (Lipinski definition) is 2. The van der Waals surface area contributed by atoms with Crippen LogP contribution in [-0.2, 0) is 0 Å². The molecule has 122 valence electrons. The summed E-state index contributed by atoms with van der Waals surface area (Å²) in [4.78, 5) is 24.6. The lowest BCUT2D eigenvalue weighted by molar-refractivity contribution is 0.368. The van der Waals surface area contributed by atoms with Crippen molar-refractivity contribution in [2.24, 2.45) is 0 Å². The van der Waals surface area contributed by atoms with Crippen LogP contribution in [0.5, 0.6) is 23.0 Å². The summed E-state index contributed by atoms with van der Waals surface area (Å²) in [7, 11) is 2.59. The van der Waals surface area contributed by atoms with Crippen LogP contribution in [0.3, 0.4) is 0 Å². The average Bonchev–Trinajstić information content (AvgIpc) is 2.57. The molecule has 0 saturated heterocycles. The highest BCUT2D eigenvalue weighted by molar-refractivity contribution is 6.22. The Morgan fingerprint density at radius 1 is 0.792 bits per heavy atom. The van der Waals surface area contributed by atoms with Crippen LogP contribution in [0.2, 0.25) is 0 Å². The molecule has 0 aliphatic heterocycles. The van der Waals surface area contributed by atoms with Crippen LogP contribution in [-0.4, -0.2) is 24.4 Å². The van der Waals surface area contributed by atoms with Gasteiger partial charge in [0.25, 0.3) is 0 Å². The zero-order valence-corrected chi connectivity index (χ0v) is 12.5. The molecule has 8 heteroatoms. The van der Waals surface area contributed by atoms with Crippen LogP contribution in [0, 0.1) is 0 Å². The second kappa shape index (κ2) is 4.54. The first-order chi connectivity index (χ1) is 11.5. The Kier molecular flexibility index (Phi) is 2.69. The summed E-state index contributed by atoms with van der Waals surface area (Å²) in [6, 6.07) is 2.56. The maximum Gasteiger partial charge on any atom is 0.344 e. The molecule has 8 nitrogen and oxygen atoms in total. The van der Waals surface area contributed by atoms with Crippen LogP contribution in [0.25, 0.3) is 32.7 Å². The van der Waals surface area contributed by atoms with Crippen LogP contribution in [0.15, 0.2) is 30.6 Å². The minimum Gasteiger partial charge on any atom is -0.502 e. The summed E-state index contributed by atoms with van der Waals surface area (Å²) in [6.45, 7) is 0. The zero-order valence-electron chi connectivity index (χ0n) is 12.5. The topological polar surface area (TPSA) is 119 Å². The summed E-state index contributed by atoms with van der Waals surface area (Å²) < 4.78 is 20.3. The lowest BCUT2D eigenvalue weighted by Crippen LogP contribution is -2.07. The highest BCUT2D eigenvalue weighted by Crippen LogP contribution is 2.44. The number of aromatic hydroxyl groups is 2. The molecule has 4 aromatic rings. The number of phenolic OH excluding ortho intramolecular Hbond substituents is 2. The maximum absolute atomic E-state index is 12.3. The number of methoxy groups -OCH3 is 2. The van der Waals surface area contributed by atoms with Gasteiger partial charge < -0.3 is 28.5 Å². The van der Waals surface area contributed by atoms with Crippen molar-refractivity contribution in [3.63, 3.8) is 0 Å². The highest BCUT2D eigenvalue weighted by Gasteiger charge is 2.25. The van der Waals surface area contributed by atoms with E-state index in [1.54, 1.807) is 0 Å².